The standard InChI is InChI=1S/C17H19N5O3/c1-11(10-24-2)19-17(23)20-15-8-14-13(9-18-15)16(22-21-14)25-12-6-4-3-5-7-12/h3-9,11H,10H2,1-2H3,(H,21,22)(H2,18,19,20,23)/t11-/m0/s1. The lowest BCUT2D eigenvalue weighted by molar-refractivity contribution is 0.173. The van der Waals surface area contributed by atoms with Gasteiger partial charge >= 0.3 is 6.03 Å². The number of ether oxygens (including phenoxy) is 2. The van der Waals surface area contributed by atoms with Gasteiger partial charge in [0.25, 0.3) is 0 Å². The molecular weight excluding hydrogens is 322 g/mol. The Labute approximate surface area is 144 Å². The van der Waals surface area contributed by atoms with E-state index in [9.17, 15) is 4.79 Å². The summed E-state index contributed by atoms with van der Waals surface area (Å²) >= 11 is 0. The Balaban J connectivity index is 1.70. The van der Waals surface area contributed by atoms with Crippen molar-refractivity contribution in [3.63, 3.8) is 0 Å². The van der Waals surface area contributed by atoms with Crippen molar-refractivity contribution in [3.05, 3.63) is 42.6 Å². The van der Waals surface area contributed by atoms with Crippen LogP contribution in [0.15, 0.2) is 42.6 Å². The second-order valence-electron chi connectivity index (χ2n) is 5.51. The van der Waals surface area contributed by atoms with Crippen LogP contribution in [0.3, 0.4) is 0 Å². The summed E-state index contributed by atoms with van der Waals surface area (Å²) in [6, 6.07) is 10.6. The van der Waals surface area contributed by atoms with Gasteiger partial charge in [0.15, 0.2) is 0 Å². The van der Waals surface area contributed by atoms with Gasteiger partial charge in [-0.15, -0.1) is 5.10 Å². The lowest BCUT2D eigenvalue weighted by atomic mass is 10.3. The molecule has 3 aromatic rings. The minimum atomic E-state index is -0.350. The Kier molecular flexibility index (Phi) is 5.10. The number of aromatic amines is 1. The summed E-state index contributed by atoms with van der Waals surface area (Å²) < 4.78 is 10.7. The fourth-order valence-corrected chi connectivity index (χ4v) is 2.30. The third kappa shape index (κ3) is 4.24. The number of para-hydroxylation sites is 1. The normalized spacial score (nSPS) is 11.9. The van der Waals surface area contributed by atoms with Crippen molar-refractivity contribution >= 4 is 22.8 Å². The SMILES string of the molecule is COC[C@H](C)NC(=O)Nc1cc2[nH]nc(Oc3ccccc3)c2cn1. The minimum Gasteiger partial charge on any atom is -0.437 e. The molecule has 2 aromatic heterocycles. The summed E-state index contributed by atoms with van der Waals surface area (Å²) in [5, 5.41) is 13.2. The van der Waals surface area contributed by atoms with Crippen molar-refractivity contribution in [2.24, 2.45) is 0 Å². The minimum absolute atomic E-state index is 0.105. The molecule has 0 aliphatic carbocycles. The zero-order chi connectivity index (χ0) is 17.6. The molecule has 1 atom stereocenters. The van der Waals surface area contributed by atoms with Gasteiger partial charge in [-0.1, -0.05) is 18.2 Å². The Morgan fingerprint density at radius 2 is 2.12 bits per heavy atom. The molecule has 0 unspecified atom stereocenters. The number of anilines is 1. The van der Waals surface area contributed by atoms with E-state index in [4.69, 9.17) is 9.47 Å². The number of carbonyl (C=O) groups is 1. The second kappa shape index (κ2) is 7.63. The third-order valence-corrected chi connectivity index (χ3v) is 3.41. The molecule has 0 fully saturated rings. The molecule has 0 radical (unpaired) electrons. The summed E-state index contributed by atoms with van der Waals surface area (Å²) in [6.45, 7) is 2.28. The number of urea groups is 1. The van der Waals surface area contributed by atoms with Crippen molar-refractivity contribution in [1.82, 2.24) is 20.5 Å². The molecule has 25 heavy (non-hydrogen) atoms. The molecule has 0 aliphatic heterocycles. The number of amides is 2. The monoisotopic (exact) mass is 341 g/mol. The largest absolute Gasteiger partial charge is 0.437 e. The highest BCUT2D eigenvalue weighted by molar-refractivity contribution is 5.92. The zero-order valence-corrected chi connectivity index (χ0v) is 13.9. The molecule has 1 aromatic carbocycles. The first kappa shape index (κ1) is 16.7. The molecule has 2 amide bonds. The number of methoxy groups -OCH3 is 1. The molecule has 0 bridgehead atoms. The van der Waals surface area contributed by atoms with E-state index in [1.165, 1.54) is 0 Å². The molecule has 130 valence electrons. The fourth-order valence-electron chi connectivity index (χ4n) is 2.30. The number of rotatable bonds is 6. The Bertz CT molecular complexity index is 850. The number of hydrogen-bond acceptors (Lipinski definition) is 5. The first-order valence-corrected chi connectivity index (χ1v) is 7.79. The maximum absolute atomic E-state index is 11.9. The van der Waals surface area contributed by atoms with Crippen molar-refractivity contribution in [3.8, 4) is 11.6 Å². The van der Waals surface area contributed by atoms with Crippen LogP contribution in [0.25, 0.3) is 10.9 Å². The van der Waals surface area contributed by atoms with Crippen LogP contribution in [0, 0.1) is 0 Å². The maximum Gasteiger partial charge on any atom is 0.320 e. The average molecular weight is 341 g/mol. The Morgan fingerprint density at radius 3 is 2.88 bits per heavy atom. The summed E-state index contributed by atoms with van der Waals surface area (Å²) in [4.78, 5) is 16.1. The number of nitrogens with one attached hydrogen (secondary N) is 3. The predicted molar refractivity (Wildman–Crippen MR) is 93.9 cm³/mol. The Hall–Kier alpha value is -3.13. The van der Waals surface area contributed by atoms with Gasteiger partial charge in [0.2, 0.25) is 5.88 Å². The second-order valence-corrected chi connectivity index (χ2v) is 5.51. The average Bonchev–Trinajstić information content (AvgIpc) is 2.98. The number of fused-ring (bicyclic) bond motifs is 1. The van der Waals surface area contributed by atoms with Crippen LogP contribution >= 0.6 is 0 Å². The molecule has 8 heteroatoms. The summed E-state index contributed by atoms with van der Waals surface area (Å²) in [5.41, 5.74) is 0.709. The number of benzene rings is 1. The van der Waals surface area contributed by atoms with Gasteiger partial charge in [0.1, 0.15) is 11.6 Å². The van der Waals surface area contributed by atoms with Gasteiger partial charge in [-0.3, -0.25) is 10.4 Å². The van der Waals surface area contributed by atoms with Crippen LogP contribution in [0.1, 0.15) is 6.92 Å². The number of aromatic nitrogens is 3. The molecule has 8 nitrogen and oxygen atoms in total. The molecule has 3 rings (SSSR count). The van der Waals surface area contributed by atoms with Crippen molar-refractivity contribution < 1.29 is 14.3 Å². The lowest BCUT2D eigenvalue weighted by Crippen LogP contribution is -2.38. The molecule has 0 saturated heterocycles. The number of carbonyl (C=O) groups excluding carboxylic acids is 1. The predicted octanol–water partition coefficient (Wildman–Crippen LogP) is 2.91. The van der Waals surface area contributed by atoms with Crippen molar-refractivity contribution in [2.75, 3.05) is 19.0 Å². The van der Waals surface area contributed by atoms with Gasteiger partial charge in [-0.05, 0) is 19.1 Å². The maximum atomic E-state index is 11.9. The summed E-state index contributed by atoms with van der Waals surface area (Å²) in [5.74, 6) is 1.52. The van der Waals surface area contributed by atoms with Gasteiger partial charge in [-0.2, -0.15) is 0 Å². The van der Waals surface area contributed by atoms with Crippen LogP contribution in [0.2, 0.25) is 0 Å². The topological polar surface area (TPSA) is 101 Å². The highest BCUT2D eigenvalue weighted by Crippen LogP contribution is 2.27. The zero-order valence-electron chi connectivity index (χ0n) is 13.9. The summed E-state index contributed by atoms with van der Waals surface area (Å²) in [7, 11) is 1.58. The molecule has 3 N–H and O–H groups in total. The molecule has 0 saturated carbocycles. The van der Waals surface area contributed by atoms with E-state index in [0.717, 1.165) is 5.39 Å². The first-order chi connectivity index (χ1) is 12.2. The number of H-pyrrole nitrogens is 1. The highest BCUT2D eigenvalue weighted by Gasteiger charge is 2.12. The van der Waals surface area contributed by atoms with Crippen LogP contribution < -0.4 is 15.4 Å². The van der Waals surface area contributed by atoms with Gasteiger partial charge < -0.3 is 14.8 Å². The lowest BCUT2D eigenvalue weighted by Gasteiger charge is -2.13. The quantitative estimate of drug-likeness (QED) is 0.640. The van der Waals surface area contributed by atoms with Gasteiger partial charge in [0.05, 0.1) is 23.6 Å². The Morgan fingerprint density at radius 1 is 1.32 bits per heavy atom. The third-order valence-electron chi connectivity index (χ3n) is 3.41. The fraction of sp³-hybridized carbons (Fsp3) is 0.235. The summed E-state index contributed by atoms with van der Waals surface area (Å²) in [6.07, 6.45) is 1.60. The molecule has 2 heterocycles. The van der Waals surface area contributed by atoms with Crippen molar-refractivity contribution in [2.45, 2.75) is 13.0 Å². The van der Waals surface area contributed by atoms with Crippen molar-refractivity contribution in [1.29, 1.82) is 0 Å². The van der Waals surface area contributed by atoms with Gasteiger partial charge in [0, 0.05) is 19.4 Å². The van der Waals surface area contributed by atoms with E-state index >= 15 is 0 Å². The van der Waals surface area contributed by atoms with Gasteiger partial charge in [-0.25, -0.2) is 9.78 Å². The van der Waals surface area contributed by atoms with Crippen LogP contribution in [-0.2, 0) is 4.74 Å². The van der Waals surface area contributed by atoms with Crippen LogP contribution in [0.4, 0.5) is 10.6 Å². The van der Waals surface area contributed by atoms with E-state index in [1.54, 1.807) is 19.4 Å². The highest BCUT2D eigenvalue weighted by atomic mass is 16.5. The number of nitrogens with zero attached hydrogens (tertiary/aromatic N) is 2. The van der Waals surface area contributed by atoms with E-state index in [-0.39, 0.29) is 12.1 Å². The number of pyridine rings is 1. The van der Waals surface area contributed by atoms with Crippen LogP contribution in [-0.4, -0.2) is 41.0 Å². The smallest absolute Gasteiger partial charge is 0.320 e. The van der Waals surface area contributed by atoms with E-state index < -0.39 is 0 Å². The van der Waals surface area contributed by atoms with E-state index in [1.807, 2.05) is 37.3 Å². The molecule has 0 spiro atoms. The molecular formula is C17H19N5O3. The number of hydrogen-bond donors (Lipinski definition) is 3. The first-order valence-electron chi connectivity index (χ1n) is 7.79. The van der Waals surface area contributed by atoms with E-state index in [2.05, 4.69) is 25.8 Å². The van der Waals surface area contributed by atoms with E-state index in [0.29, 0.717) is 29.6 Å². The van der Waals surface area contributed by atoms with Crippen LogP contribution in [0.5, 0.6) is 11.6 Å². The molecule has 0 aliphatic rings.